The molecule has 0 radical (unpaired) electrons. The number of imidazole rings is 1. The molecule has 31 heavy (non-hydrogen) atoms. The van der Waals surface area contributed by atoms with Gasteiger partial charge in [-0.2, -0.15) is 4.31 Å². The van der Waals surface area contributed by atoms with Gasteiger partial charge in [0.05, 0.1) is 17.1 Å². The monoisotopic (exact) mass is 461 g/mol. The van der Waals surface area contributed by atoms with Crippen molar-refractivity contribution in [2.45, 2.75) is 24.3 Å². The lowest BCUT2D eigenvalue weighted by molar-refractivity contribution is -0.134. The first-order valence-electron chi connectivity index (χ1n) is 9.94. The standard InChI is InChI=1S/C20H23N5O4S2/c26-18(21-14-16-15-24-12-13-30-20(24)22-16)6-7-19(27)23-8-10-25(11-9-23)31(28,29)17-4-2-1-3-5-17/h1-5,12-13,15H,6-11,14H2,(H,21,26). The fraction of sp³-hybridized carbons (Fsp3) is 0.350. The summed E-state index contributed by atoms with van der Waals surface area (Å²) in [7, 11) is -3.55. The summed E-state index contributed by atoms with van der Waals surface area (Å²) in [6, 6.07) is 8.28. The molecular weight excluding hydrogens is 438 g/mol. The smallest absolute Gasteiger partial charge is 0.243 e. The van der Waals surface area contributed by atoms with Crippen molar-refractivity contribution in [1.29, 1.82) is 0 Å². The largest absolute Gasteiger partial charge is 0.350 e. The van der Waals surface area contributed by atoms with Crippen molar-refractivity contribution in [2.24, 2.45) is 0 Å². The van der Waals surface area contributed by atoms with Crippen LogP contribution < -0.4 is 5.32 Å². The summed E-state index contributed by atoms with van der Waals surface area (Å²) < 4.78 is 28.6. The third-order valence-electron chi connectivity index (χ3n) is 5.15. The van der Waals surface area contributed by atoms with E-state index in [1.807, 2.05) is 22.2 Å². The van der Waals surface area contributed by atoms with Crippen LogP contribution in [-0.2, 0) is 26.2 Å². The second kappa shape index (κ2) is 9.16. The molecule has 11 heteroatoms. The van der Waals surface area contributed by atoms with Gasteiger partial charge in [0.1, 0.15) is 0 Å². The van der Waals surface area contributed by atoms with Crippen molar-refractivity contribution < 1.29 is 18.0 Å². The minimum atomic E-state index is -3.55. The van der Waals surface area contributed by atoms with Gasteiger partial charge in [0.25, 0.3) is 0 Å². The lowest BCUT2D eigenvalue weighted by atomic mass is 10.2. The number of hydrogen-bond donors (Lipinski definition) is 1. The van der Waals surface area contributed by atoms with Crippen LogP contribution in [0.1, 0.15) is 18.5 Å². The molecule has 0 atom stereocenters. The number of piperazine rings is 1. The first-order valence-corrected chi connectivity index (χ1v) is 12.3. The van der Waals surface area contributed by atoms with Crippen LogP contribution in [0.2, 0.25) is 0 Å². The molecular formula is C20H23N5O4S2. The molecule has 164 valence electrons. The number of carbonyl (C=O) groups excluding carboxylic acids is 2. The number of nitrogens with one attached hydrogen (secondary N) is 1. The number of carbonyl (C=O) groups is 2. The minimum Gasteiger partial charge on any atom is -0.350 e. The van der Waals surface area contributed by atoms with Gasteiger partial charge >= 0.3 is 0 Å². The molecule has 1 aromatic carbocycles. The number of hydrogen-bond acceptors (Lipinski definition) is 6. The van der Waals surface area contributed by atoms with E-state index in [0.29, 0.717) is 19.6 Å². The van der Waals surface area contributed by atoms with E-state index in [4.69, 9.17) is 0 Å². The van der Waals surface area contributed by atoms with Gasteiger partial charge in [0.15, 0.2) is 4.96 Å². The van der Waals surface area contributed by atoms with E-state index in [-0.39, 0.29) is 42.6 Å². The van der Waals surface area contributed by atoms with Crippen molar-refractivity contribution in [3.05, 3.63) is 53.8 Å². The maximum absolute atomic E-state index is 12.7. The summed E-state index contributed by atoms with van der Waals surface area (Å²) in [5.74, 6) is -0.357. The lowest BCUT2D eigenvalue weighted by Crippen LogP contribution is -2.50. The molecule has 0 bridgehead atoms. The Morgan fingerprint density at radius 1 is 1.06 bits per heavy atom. The van der Waals surface area contributed by atoms with Gasteiger partial charge in [-0.25, -0.2) is 13.4 Å². The number of nitrogens with zero attached hydrogens (tertiary/aromatic N) is 4. The molecule has 4 rings (SSSR count). The number of amides is 2. The first kappa shape index (κ1) is 21.5. The Morgan fingerprint density at radius 2 is 1.81 bits per heavy atom. The van der Waals surface area contributed by atoms with Gasteiger partial charge in [0.2, 0.25) is 21.8 Å². The van der Waals surface area contributed by atoms with Crippen molar-refractivity contribution in [2.75, 3.05) is 26.2 Å². The predicted octanol–water partition coefficient (Wildman–Crippen LogP) is 1.33. The second-order valence-electron chi connectivity index (χ2n) is 7.20. The summed E-state index contributed by atoms with van der Waals surface area (Å²) >= 11 is 1.52. The Balaban J connectivity index is 1.21. The zero-order chi connectivity index (χ0) is 21.8. The molecule has 1 aliphatic rings. The Labute approximate surface area is 184 Å². The first-order chi connectivity index (χ1) is 14.9. The van der Waals surface area contributed by atoms with Crippen LogP contribution in [0, 0.1) is 0 Å². The van der Waals surface area contributed by atoms with Crippen LogP contribution in [0.4, 0.5) is 0 Å². The Bertz CT molecular complexity index is 1140. The van der Waals surface area contributed by atoms with E-state index < -0.39 is 10.0 Å². The summed E-state index contributed by atoms with van der Waals surface area (Å²) in [4.78, 5) is 31.7. The molecule has 1 aliphatic heterocycles. The predicted molar refractivity (Wildman–Crippen MR) is 116 cm³/mol. The quantitative estimate of drug-likeness (QED) is 0.572. The van der Waals surface area contributed by atoms with Crippen LogP contribution in [0.3, 0.4) is 0 Å². The minimum absolute atomic E-state index is 0.0869. The van der Waals surface area contributed by atoms with Crippen LogP contribution in [0.25, 0.3) is 4.96 Å². The van der Waals surface area contributed by atoms with Crippen LogP contribution in [0.15, 0.2) is 53.0 Å². The Hall–Kier alpha value is -2.76. The molecule has 2 amide bonds. The van der Waals surface area contributed by atoms with E-state index in [1.165, 1.54) is 15.6 Å². The van der Waals surface area contributed by atoms with E-state index in [9.17, 15) is 18.0 Å². The molecule has 0 unspecified atom stereocenters. The van der Waals surface area contributed by atoms with Crippen LogP contribution in [-0.4, -0.2) is 65.0 Å². The number of rotatable bonds is 7. The highest BCUT2D eigenvalue weighted by Gasteiger charge is 2.29. The normalized spacial score (nSPS) is 15.3. The van der Waals surface area contributed by atoms with Gasteiger partial charge in [-0.05, 0) is 12.1 Å². The third-order valence-corrected chi connectivity index (χ3v) is 7.83. The van der Waals surface area contributed by atoms with Gasteiger partial charge in [0, 0.05) is 56.8 Å². The molecule has 2 aromatic heterocycles. The summed E-state index contributed by atoms with van der Waals surface area (Å²) in [5.41, 5.74) is 0.766. The van der Waals surface area contributed by atoms with Crippen LogP contribution >= 0.6 is 11.3 Å². The third kappa shape index (κ3) is 4.94. The average Bonchev–Trinajstić information content (AvgIpc) is 3.39. The van der Waals surface area contributed by atoms with Gasteiger partial charge in [-0.1, -0.05) is 18.2 Å². The SMILES string of the molecule is O=C(CCC(=O)N1CCN(S(=O)(=O)c2ccccc2)CC1)NCc1cn2ccsc2n1. The second-order valence-corrected chi connectivity index (χ2v) is 10.0. The molecule has 0 saturated carbocycles. The molecule has 1 fully saturated rings. The number of aromatic nitrogens is 2. The van der Waals surface area contributed by atoms with Gasteiger partial charge < -0.3 is 10.2 Å². The maximum atomic E-state index is 12.7. The van der Waals surface area contributed by atoms with E-state index in [0.717, 1.165) is 10.7 Å². The zero-order valence-corrected chi connectivity index (χ0v) is 18.4. The molecule has 3 heterocycles. The van der Waals surface area contributed by atoms with Crippen molar-refractivity contribution >= 4 is 38.1 Å². The Morgan fingerprint density at radius 3 is 2.52 bits per heavy atom. The van der Waals surface area contributed by atoms with E-state index in [2.05, 4.69) is 10.3 Å². The Kier molecular flexibility index (Phi) is 6.35. The van der Waals surface area contributed by atoms with E-state index in [1.54, 1.807) is 35.2 Å². The van der Waals surface area contributed by atoms with Crippen molar-refractivity contribution in [3.8, 4) is 0 Å². The number of benzene rings is 1. The fourth-order valence-corrected chi connectivity index (χ4v) is 5.60. The topological polar surface area (TPSA) is 104 Å². The molecule has 0 spiro atoms. The summed E-state index contributed by atoms with van der Waals surface area (Å²) in [5, 5.41) is 4.72. The van der Waals surface area contributed by atoms with Gasteiger partial charge in [-0.3, -0.25) is 14.0 Å². The number of fused-ring (bicyclic) bond motifs is 1. The van der Waals surface area contributed by atoms with Crippen molar-refractivity contribution in [1.82, 2.24) is 23.9 Å². The van der Waals surface area contributed by atoms with E-state index >= 15 is 0 Å². The van der Waals surface area contributed by atoms with Crippen molar-refractivity contribution in [3.63, 3.8) is 0 Å². The molecule has 0 aliphatic carbocycles. The van der Waals surface area contributed by atoms with Gasteiger partial charge in [-0.15, -0.1) is 11.3 Å². The zero-order valence-electron chi connectivity index (χ0n) is 16.8. The lowest BCUT2D eigenvalue weighted by Gasteiger charge is -2.34. The summed E-state index contributed by atoms with van der Waals surface area (Å²) in [6.07, 6.45) is 3.95. The maximum Gasteiger partial charge on any atom is 0.243 e. The molecule has 3 aromatic rings. The molecule has 9 nitrogen and oxygen atoms in total. The number of thiazole rings is 1. The number of sulfonamides is 1. The highest BCUT2D eigenvalue weighted by Crippen LogP contribution is 2.17. The highest BCUT2D eigenvalue weighted by atomic mass is 32.2. The van der Waals surface area contributed by atoms with Crippen LogP contribution in [0.5, 0.6) is 0 Å². The summed E-state index contributed by atoms with van der Waals surface area (Å²) in [6.45, 7) is 1.44. The fourth-order valence-electron chi connectivity index (χ4n) is 3.44. The molecule has 1 N–H and O–H groups in total. The average molecular weight is 462 g/mol. The molecule has 1 saturated heterocycles. The highest BCUT2D eigenvalue weighted by molar-refractivity contribution is 7.89.